The molecular formula is C25H28O2. The first kappa shape index (κ1) is 17.1. The van der Waals surface area contributed by atoms with Gasteiger partial charge >= 0.3 is 0 Å². The zero-order valence-electron chi connectivity index (χ0n) is 16.0. The fraction of sp³-hybridized carbons (Fsp3) is 0.440. The van der Waals surface area contributed by atoms with Crippen molar-refractivity contribution in [2.45, 2.75) is 51.2 Å². The van der Waals surface area contributed by atoms with Crippen molar-refractivity contribution in [1.82, 2.24) is 0 Å². The number of aryl methyl sites for hydroxylation is 1. The first-order chi connectivity index (χ1) is 13.1. The van der Waals surface area contributed by atoms with Crippen molar-refractivity contribution in [2.24, 2.45) is 17.3 Å². The number of rotatable bonds is 3. The van der Waals surface area contributed by atoms with E-state index in [-0.39, 0.29) is 11.5 Å². The van der Waals surface area contributed by atoms with Crippen LogP contribution in [-0.4, -0.2) is 11.2 Å². The first-order valence-corrected chi connectivity index (χ1v) is 10.3. The van der Waals surface area contributed by atoms with Crippen molar-refractivity contribution in [1.29, 1.82) is 0 Å². The first-order valence-electron chi connectivity index (χ1n) is 10.3. The molecule has 0 heterocycles. The van der Waals surface area contributed by atoms with E-state index in [0.717, 1.165) is 18.6 Å². The molecule has 0 spiro atoms. The van der Waals surface area contributed by atoms with E-state index >= 15 is 0 Å². The molecule has 0 amide bonds. The van der Waals surface area contributed by atoms with E-state index in [1.807, 2.05) is 12.1 Å². The fourth-order valence-corrected chi connectivity index (χ4v) is 5.82. The zero-order chi connectivity index (χ0) is 18.4. The lowest BCUT2D eigenvalue weighted by molar-refractivity contribution is -0.0101. The molecule has 2 aromatic rings. The summed E-state index contributed by atoms with van der Waals surface area (Å²) in [5, 5.41) is 10.5. The van der Waals surface area contributed by atoms with Crippen molar-refractivity contribution in [3.63, 3.8) is 0 Å². The summed E-state index contributed by atoms with van der Waals surface area (Å²) in [7, 11) is 0. The molecule has 0 radical (unpaired) electrons. The highest BCUT2D eigenvalue weighted by Gasteiger charge is 2.52. The minimum atomic E-state index is -0.265. The SMILES string of the molecule is C[C@]12CC[C@@H]3c4ccc(OCc5ccccc5)cc4CC[C@H]3[C@@H]1C=C[C@@H]2O. The highest BCUT2D eigenvalue weighted by Crippen LogP contribution is 2.58. The molecule has 2 heteroatoms. The number of aliphatic hydroxyl groups excluding tert-OH is 1. The highest BCUT2D eigenvalue weighted by atomic mass is 16.5. The number of hydrogen-bond acceptors (Lipinski definition) is 2. The largest absolute Gasteiger partial charge is 0.489 e. The predicted molar refractivity (Wildman–Crippen MR) is 108 cm³/mol. The Bertz CT molecular complexity index is 856. The molecule has 0 unspecified atom stereocenters. The summed E-state index contributed by atoms with van der Waals surface area (Å²) in [5.74, 6) is 2.80. The van der Waals surface area contributed by atoms with Gasteiger partial charge in [0.1, 0.15) is 12.4 Å². The maximum Gasteiger partial charge on any atom is 0.120 e. The van der Waals surface area contributed by atoms with Crippen LogP contribution in [0.25, 0.3) is 0 Å². The van der Waals surface area contributed by atoms with Crippen LogP contribution in [0.3, 0.4) is 0 Å². The van der Waals surface area contributed by atoms with Crippen LogP contribution in [0.2, 0.25) is 0 Å². The summed E-state index contributed by atoms with van der Waals surface area (Å²) in [5.41, 5.74) is 4.24. The van der Waals surface area contributed by atoms with Gasteiger partial charge in [0.2, 0.25) is 0 Å². The minimum Gasteiger partial charge on any atom is -0.489 e. The molecule has 0 aliphatic heterocycles. The molecule has 1 fully saturated rings. The van der Waals surface area contributed by atoms with Gasteiger partial charge in [0.05, 0.1) is 6.10 Å². The molecule has 3 aliphatic rings. The third-order valence-corrected chi connectivity index (χ3v) is 7.42. The highest BCUT2D eigenvalue weighted by molar-refractivity contribution is 5.41. The molecule has 27 heavy (non-hydrogen) atoms. The van der Waals surface area contributed by atoms with Crippen molar-refractivity contribution in [2.75, 3.05) is 0 Å². The van der Waals surface area contributed by atoms with Gasteiger partial charge in [0.15, 0.2) is 0 Å². The number of fused-ring (bicyclic) bond motifs is 5. The Kier molecular flexibility index (Phi) is 4.12. The number of aliphatic hydroxyl groups is 1. The lowest BCUT2D eigenvalue weighted by atomic mass is 9.55. The normalized spacial score (nSPS) is 33.9. The Morgan fingerprint density at radius 2 is 1.93 bits per heavy atom. The standard InChI is InChI=1S/C25H28O2/c1-25-14-13-21-20-10-8-19(27-16-17-5-3-2-4-6-17)15-18(20)7-9-22(21)23(25)11-12-24(25)26/h2-6,8,10-12,15,21-24,26H,7,9,13-14,16H2,1H3/t21-,22-,23+,24+,25+/m1/s1. The Balaban J connectivity index is 1.35. The Morgan fingerprint density at radius 1 is 1.07 bits per heavy atom. The van der Waals surface area contributed by atoms with Crippen LogP contribution in [0.1, 0.15) is 48.8 Å². The maximum atomic E-state index is 10.5. The van der Waals surface area contributed by atoms with Crippen molar-refractivity contribution in [3.8, 4) is 5.75 Å². The lowest BCUT2D eigenvalue weighted by Gasteiger charge is -2.50. The maximum absolute atomic E-state index is 10.5. The van der Waals surface area contributed by atoms with Gasteiger partial charge in [-0.2, -0.15) is 0 Å². The molecular weight excluding hydrogens is 332 g/mol. The Hall–Kier alpha value is -2.06. The average molecular weight is 360 g/mol. The van der Waals surface area contributed by atoms with Gasteiger partial charge in [-0.3, -0.25) is 0 Å². The summed E-state index contributed by atoms with van der Waals surface area (Å²) in [6.07, 6.45) is 8.73. The van der Waals surface area contributed by atoms with Gasteiger partial charge < -0.3 is 9.84 Å². The lowest BCUT2D eigenvalue weighted by Crippen LogP contribution is -2.44. The van der Waals surface area contributed by atoms with Crippen LogP contribution in [0.5, 0.6) is 5.75 Å². The van der Waals surface area contributed by atoms with E-state index in [1.165, 1.54) is 29.5 Å². The van der Waals surface area contributed by atoms with Gasteiger partial charge in [0, 0.05) is 5.41 Å². The van der Waals surface area contributed by atoms with Gasteiger partial charge in [-0.1, -0.05) is 55.5 Å². The molecule has 2 aromatic carbocycles. The second kappa shape index (κ2) is 6.53. The number of ether oxygens (including phenoxy) is 1. The molecule has 2 nitrogen and oxygen atoms in total. The molecule has 0 bridgehead atoms. The summed E-state index contributed by atoms with van der Waals surface area (Å²) in [6.45, 7) is 2.91. The second-order valence-electron chi connectivity index (χ2n) is 8.84. The predicted octanol–water partition coefficient (Wildman–Crippen LogP) is 5.26. The summed E-state index contributed by atoms with van der Waals surface area (Å²) in [4.78, 5) is 0. The van der Waals surface area contributed by atoms with Gasteiger partial charge in [-0.05, 0) is 72.3 Å². The van der Waals surface area contributed by atoms with E-state index < -0.39 is 0 Å². The number of benzene rings is 2. The number of hydrogen-bond donors (Lipinski definition) is 1. The van der Waals surface area contributed by atoms with Crippen molar-refractivity contribution >= 4 is 0 Å². The third-order valence-electron chi connectivity index (χ3n) is 7.42. The van der Waals surface area contributed by atoms with Crippen molar-refractivity contribution < 1.29 is 9.84 Å². The van der Waals surface area contributed by atoms with Crippen LogP contribution < -0.4 is 4.74 Å². The van der Waals surface area contributed by atoms with E-state index in [1.54, 1.807) is 0 Å². The molecule has 5 atom stereocenters. The van der Waals surface area contributed by atoms with Crippen LogP contribution >= 0.6 is 0 Å². The van der Waals surface area contributed by atoms with E-state index in [4.69, 9.17) is 4.74 Å². The molecule has 1 N–H and O–H groups in total. The molecule has 140 valence electrons. The summed E-state index contributed by atoms with van der Waals surface area (Å²) in [6, 6.07) is 17.1. The van der Waals surface area contributed by atoms with Crippen molar-refractivity contribution in [3.05, 3.63) is 77.4 Å². The monoisotopic (exact) mass is 360 g/mol. The summed E-state index contributed by atoms with van der Waals surface area (Å²) < 4.78 is 6.05. The van der Waals surface area contributed by atoms with E-state index in [0.29, 0.717) is 24.4 Å². The third kappa shape index (κ3) is 2.82. The fourth-order valence-electron chi connectivity index (χ4n) is 5.82. The van der Waals surface area contributed by atoms with Crippen LogP contribution in [0, 0.1) is 17.3 Å². The minimum absolute atomic E-state index is 0.0530. The molecule has 1 saturated carbocycles. The van der Waals surface area contributed by atoms with Gasteiger partial charge in [0.25, 0.3) is 0 Å². The molecule has 5 rings (SSSR count). The van der Waals surface area contributed by atoms with Crippen LogP contribution in [-0.2, 0) is 13.0 Å². The zero-order valence-corrected chi connectivity index (χ0v) is 16.0. The Labute approximate surface area is 161 Å². The summed E-state index contributed by atoms with van der Waals surface area (Å²) >= 11 is 0. The van der Waals surface area contributed by atoms with Gasteiger partial charge in [-0.25, -0.2) is 0 Å². The molecule has 0 aromatic heterocycles. The van der Waals surface area contributed by atoms with Gasteiger partial charge in [-0.15, -0.1) is 0 Å². The van der Waals surface area contributed by atoms with E-state index in [2.05, 4.69) is 55.5 Å². The van der Waals surface area contributed by atoms with Crippen LogP contribution in [0.15, 0.2) is 60.7 Å². The molecule has 3 aliphatic carbocycles. The number of allylic oxidation sites excluding steroid dienone is 1. The second-order valence-corrected chi connectivity index (χ2v) is 8.84. The Morgan fingerprint density at radius 3 is 2.78 bits per heavy atom. The quantitative estimate of drug-likeness (QED) is 0.757. The molecule has 0 saturated heterocycles. The average Bonchev–Trinajstić information content (AvgIpc) is 3.01. The van der Waals surface area contributed by atoms with E-state index in [9.17, 15) is 5.11 Å². The van der Waals surface area contributed by atoms with Crippen LogP contribution in [0.4, 0.5) is 0 Å². The smallest absolute Gasteiger partial charge is 0.120 e. The topological polar surface area (TPSA) is 29.5 Å².